The maximum absolute atomic E-state index is 5.69. The molecule has 13 heavy (non-hydrogen) atoms. The number of hydrogen-bond acceptors (Lipinski definition) is 2. The minimum atomic E-state index is 0.0358. The fraction of sp³-hybridized carbons (Fsp3) is 0.300. The molecule has 1 atom stereocenters. The van der Waals surface area contributed by atoms with Gasteiger partial charge in [-0.2, -0.15) is 0 Å². The zero-order valence-electron chi connectivity index (χ0n) is 7.42. The first-order valence-electron chi connectivity index (χ1n) is 4.10. The smallest absolute Gasteiger partial charge is 0.126 e. The van der Waals surface area contributed by atoms with Crippen LogP contribution in [0.1, 0.15) is 13.3 Å². The van der Waals surface area contributed by atoms with Crippen LogP contribution in [0, 0.1) is 12.3 Å². The van der Waals surface area contributed by atoms with Gasteiger partial charge in [0, 0.05) is 6.20 Å². The standard InChI is InChI=1S/C10H11ClN2/c1-3-9(4-2)13-10-6-5-8(11)7-12-10/h1,5-7,9H,4H2,2H3,(H,12,13). The summed E-state index contributed by atoms with van der Waals surface area (Å²) in [4.78, 5) is 4.08. The summed E-state index contributed by atoms with van der Waals surface area (Å²) in [5.74, 6) is 3.39. The maximum atomic E-state index is 5.69. The largest absolute Gasteiger partial charge is 0.356 e. The van der Waals surface area contributed by atoms with Gasteiger partial charge in [-0.3, -0.25) is 0 Å². The number of anilines is 1. The molecule has 1 aromatic rings. The van der Waals surface area contributed by atoms with Crippen molar-refractivity contribution in [2.45, 2.75) is 19.4 Å². The van der Waals surface area contributed by atoms with E-state index in [2.05, 4.69) is 16.2 Å². The van der Waals surface area contributed by atoms with Crippen molar-refractivity contribution in [2.75, 3.05) is 5.32 Å². The number of aromatic nitrogens is 1. The zero-order valence-corrected chi connectivity index (χ0v) is 8.17. The first-order chi connectivity index (χ1) is 6.26. The van der Waals surface area contributed by atoms with Gasteiger partial charge < -0.3 is 5.32 Å². The van der Waals surface area contributed by atoms with Crippen molar-refractivity contribution in [1.29, 1.82) is 0 Å². The molecule has 0 saturated carbocycles. The Morgan fingerprint density at radius 3 is 2.92 bits per heavy atom. The number of hydrogen-bond donors (Lipinski definition) is 1. The van der Waals surface area contributed by atoms with Crippen LogP contribution >= 0.6 is 11.6 Å². The SMILES string of the molecule is C#CC(CC)Nc1ccc(Cl)cn1. The molecule has 0 saturated heterocycles. The van der Waals surface area contributed by atoms with Gasteiger partial charge in [-0.15, -0.1) is 6.42 Å². The summed E-state index contributed by atoms with van der Waals surface area (Å²) in [5, 5.41) is 3.72. The van der Waals surface area contributed by atoms with Crippen molar-refractivity contribution in [3.8, 4) is 12.3 Å². The quantitative estimate of drug-likeness (QED) is 0.749. The van der Waals surface area contributed by atoms with Crippen LogP contribution in [0.3, 0.4) is 0 Å². The van der Waals surface area contributed by atoms with E-state index in [0.717, 1.165) is 12.2 Å². The topological polar surface area (TPSA) is 24.9 Å². The Kier molecular flexibility index (Phi) is 3.60. The molecule has 0 aliphatic rings. The average molecular weight is 195 g/mol. The molecule has 0 radical (unpaired) electrons. The summed E-state index contributed by atoms with van der Waals surface area (Å²) in [6.45, 7) is 2.02. The van der Waals surface area contributed by atoms with E-state index in [1.165, 1.54) is 0 Å². The molecular formula is C10H11ClN2. The summed E-state index contributed by atoms with van der Waals surface area (Å²) in [6.07, 6.45) is 7.76. The van der Waals surface area contributed by atoms with Gasteiger partial charge in [0.15, 0.2) is 0 Å². The number of terminal acetylenes is 1. The van der Waals surface area contributed by atoms with Crippen LogP contribution in [0.15, 0.2) is 18.3 Å². The molecule has 0 bridgehead atoms. The molecule has 1 N–H and O–H groups in total. The molecule has 68 valence electrons. The van der Waals surface area contributed by atoms with Crippen LogP contribution in [0.25, 0.3) is 0 Å². The highest BCUT2D eigenvalue weighted by Gasteiger charge is 2.01. The second kappa shape index (κ2) is 4.74. The van der Waals surface area contributed by atoms with E-state index in [1.54, 1.807) is 12.3 Å². The fourth-order valence-electron chi connectivity index (χ4n) is 0.901. The minimum absolute atomic E-state index is 0.0358. The Hall–Kier alpha value is -1.20. The van der Waals surface area contributed by atoms with Gasteiger partial charge in [-0.1, -0.05) is 24.4 Å². The van der Waals surface area contributed by atoms with E-state index in [1.807, 2.05) is 13.0 Å². The third-order valence-corrected chi connectivity index (χ3v) is 1.88. The lowest BCUT2D eigenvalue weighted by Gasteiger charge is -2.10. The molecule has 0 aliphatic carbocycles. The lowest BCUT2D eigenvalue weighted by molar-refractivity contribution is 0.851. The molecule has 1 heterocycles. The summed E-state index contributed by atoms with van der Waals surface area (Å²) in [7, 11) is 0. The Morgan fingerprint density at radius 1 is 1.69 bits per heavy atom. The molecule has 1 rings (SSSR count). The van der Waals surface area contributed by atoms with Gasteiger partial charge in [-0.25, -0.2) is 4.98 Å². The zero-order chi connectivity index (χ0) is 9.68. The first-order valence-corrected chi connectivity index (χ1v) is 4.48. The molecule has 0 aliphatic heterocycles. The predicted octanol–water partition coefficient (Wildman–Crippen LogP) is 2.56. The van der Waals surface area contributed by atoms with Crippen molar-refractivity contribution in [3.05, 3.63) is 23.4 Å². The molecule has 0 amide bonds. The highest BCUT2D eigenvalue weighted by Crippen LogP contribution is 2.10. The van der Waals surface area contributed by atoms with Crippen molar-refractivity contribution in [1.82, 2.24) is 4.98 Å². The maximum Gasteiger partial charge on any atom is 0.126 e. The summed E-state index contributed by atoms with van der Waals surface area (Å²) in [6, 6.07) is 3.62. The van der Waals surface area contributed by atoms with Crippen molar-refractivity contribution in [3.63, 3.8) is 0 Å². The molecule has 0 fully saturated rings. The van der Waals surface area contributed by atoms with Crippen LogP contribution in [0.2, 0.25) is 5.02 Å². The number of nitrogens with one attached hydrogen (secondary N) is 1. The average Bonchev–Trinajstić information content (AvgIpc) is 2.17. The van der Waals surface area contributed by atoms with Crippen LogP contribution in [0.5, 0.6) is 0 Å². The second-order valence-corrected chi connectivity index (χ2v) is 3.07. The van der Waals surface area contributed by atoms with E-state index >= 15 is 0 Å². The normalized spacial score (nSPS) is 11.8. The first kappa shape index (κ1) is 9.88. The van der Waals surface area contributed by atoms with Gasteiger partial charge in [0.2, 0.25) is 0 Å². The Morgan fingerprint density at radius 2 is 2.46 bits per heavy atom. The van der Waals surface area contributed by atoms with E-state index in [-0.39, 0.29) is 6.04 Å². The van der Waals surface area contributed by atoms with Gasteiger partial charge in [0.1, 0.15) is 5.82 Å². The van der Waals surface area contributed by atoms with Gasteiger partial charge in [0.25, 0.3) is 0 Å². The minimum Gasteiger partial charge on any atom is -0.356 e. The molecule has 0 spiro atoms. The Labute approximate surface area is 83.3 Å². The monoisotopic (exact) mass is 194 g/mol. The molecule has 3 heteroatoms. The summed E-state index contributed by atoms with van der Waals surface area (Å²) in [5.41, 5.74) is 0. The molecule has 0 aromatic carbocycles. The van der Waals surface area contributed by atoms with Crippen LogP contribution in [-0.2, 0) is 0 Å². The molecule has 1 unspecified atom stereocenters. The van der Waals surface area contributed by atoms with E-state index < -0.39 is 0 Å². The predicted molar refractivity (Wildman–Crippen MR) is 55.8 cm³/mol. The Bertz CT molecular complexity index is 300. The number of rotatable bonds is 3. The van der Waals surface area contributed by atoms with Crippen molar-refractivity contribution < 1.29 is 0 Å². The second-order valence-electron chi connectivity index (χ2n) is 2.63. The molecule has 2 nitrogen and oxygen atoms in total. The van der Waals surface area contributed by atoms with Crippen LogP contribution < -0.4 is 5.32 Å². The van der Waals surface area contributed by atoms with E-state index in [4.69, 9.17) is 18.0 Å². The summed E-state index contributed by atoms with van der Waals surface area (Å²) >= 11 is 5.69. The molecule has 1 aromatic heterocycles. The van der Waals surface area contributed by atoms with Gasteiger partial charge >= 0.3 is 0 Å². The fourth-order valence-corrected chi connectivity index (χ4v) is 1.01. The van der Waals surface area contributed by atoms with E-state index in [0.29, 0.717) is 5.02 Å². The van der Waals surface area contributed by atoms with Gasteiger partial charge in [0.05, 0.1) is 11.1 Å². The number of nitrogens with zero attached hydrogens (tertiary/aromatic N) is 1. The highest BCUT2D eigenvalue weighted by atomic mass is 35.5. The molecular weight excluding hydrogens is 184 g/mol. The van der Waals surface area contributed by atoms with Crippen molar-refractivity contribution in [2.24, 2.45) is 0 Å². The van der Waals surface area contributed by atoms with E-state index in [9.17, 15) is 0 Å². The lowest BCUT2D eigenvalue weighted by Crippen LogP contribution is -2.16. The van der Waals surface area contributed by atoms with Crippen LogP contribution in [-0.4, -0.2) is 11.0 Å². The third-order valence-electron chi connectivity index (χ3n) is 1.66. The van der Waals surface area contributed by atoms with Crippen molar-refractivity contribution >= 4 is 17.4 Å². The number of halogens is 1. The summed E-state index contributed by atoms with van der Waals surface area (Å²) < 4.78 is 0. The highest BCUT2D eigenvalue weighted by molar-refractivity contribution is 6.30. The number of pyridine rings is 1. The van der Waals surface area contributed by atoms with Gasteiger partial charge in [-0.05, 0) is 18.6 Å². The Balaban J connectivity index is 2.64. The lowest BCUT2D eigenvalue weighted by atomic mass is 10.2. The third kappa shape index (κ3) is 2.96. The van der Waals surface area contributed by atoms with Crippen LogP contribution in [0.4, 0.5) is 5.82 Å².